The minimum Gasteiger partial charge on any atom is -0.0683 e. The second kappa shape index (κ2) is 14.3. The van der Waals surface area contributed by atoms with Crippen LogP contribution in [0.15, 0.2) is 206 Å². The minimum atomic E-state index is 1.20. The van der Waals surface area contributed by atoms with E-state index in [0.717, 1.165) is 0 Å². The van der Waals surface area contributed by atoms with E-state index < -0.39 is 0 Å². The highest BCUT2D eigenvalue weighted by molar-refractivity contribution is 6.23. The lowest BCUT2D eigenvalue weighted by Gasteiger charge is -2.20. The molecule has 0 bridgehead atoms. The van der Waals surface area contributed by atoms with Gasteiger partial charge < -0.3 is 0 Å². The molecule has 0 aliphatic heterocycles. The number of fused-ring (bicyclic) bond motifs is 4. The maximum atomic E-state index is 2.43. The molecule has 0 fully saturated rings. The molecule has 0 saturated carbocycles. The van der Waals surface area contributed by atoms with Crippen LogP contribution in [-0.4, -0.2) is 0 Å². The Labute approximate surface area is 317 Å². The van der Waals surface area contributed by atoms with Crippen molar-refractivity contribution >= 4 is 43.1 Å². The van der Waals surface area contributed by atoms with Crippen molar-refractivity contribution < 1.29 is 0 Å². The molecule has 10 aromatic carbocycles. The molecule has 0 aromatic heterocycles. The fourth-order valence-electron chi connectivity index (χ4n) is 8.38. The topological polar surface area (TPSA) is 0 Å². The van der Waals surface area contributed by atoms with Crippen molar-refractivity contribution in [3.8, 4) is 55.6 Å². The Bertz CT molecular complexity index is 2700. The van der Waals surface area contributed by atoms with Gasteiger partial charge >= 0.3 is 0 Å². The molecule has 0 aliphatic carbocycles. The van der Waals surface area contributed by atoms with Crippen molar-refractivity contribution in [3.63, 3.8) is 0 Å². The molecule has 0 aliphatic rings. The zero-order valence-electron chi connectivity index (χ0n) is 30.6. The van der Waals surface area contributed by atoms with Crippen LogP contribution in [0.25, 0.3) is 98.7 Å². The highest BCUT2D eigenvalue weighted by Gasteiger charge is 2.20. The van der Waals surface area contributed by atoms with Crippen LogP contribution in [0, 0.1) is 0 Å². The van der Waals surface area contributed by atoms with Gasteiger partial charge in [0.05, 0.1) is 0 Å². The minimum absolute atomic E-state index is 1.20. The van der Waals surface area contributed by atoms with Crippen molar-refractivity contribution in [3.05, 3.63) is 206 Å². The van der Waals surface area contributed by atoms with Gasteiger partial charge in [0.25, 0.3) is 0 Å². The second-order valence-electron chi connectivity index (χ2n) is 13.6. The third-order valence-electron chi connectivity index (χ3n) is 10.6. The van der Waals surface area contributed by atoms with Crippen molar-refractivity contribution in [2.75, 3.05) is 0 Å². The van der Waals surface area contributed by atoms with Gasteiger partial charge in [0.15, 0.2) is 0 Å². The zero-order chi connectivity index (χ0) is 36.4. The summed E-state index contributed by atoms with van der Waals surface area (Å²) < 4.78 is 0. The summed E-state index contributed by atoms with van der Waals surface area (Å²) in [5.74, 6) is 0. The van der Waals surface area contributed by atoms with Crippen LogP contribution >= 0.6 is 0 Å². The van der Waals surface area contributed by atoms with Crippen LogP contribution in [0.3, 0.4) is 0 Å². The van der Waals surface area contributed by atoms with Gasteiger partial charge in [-0.3, -0.25) is 0 Å². The maximum absolute atomic E-state index is 2.43. The SMILES string of the molecule is CC.c1ccc(-c2c3ccccc3c(-c3ccccc3)c3cc(-c4ccc5c(-c6ccccc6)c6ccccc6c(-c6ccccc6)c5c4)ccc23)cc1. The van der Waals surface area contributed by atoms with Gasteiger partial charge in [-0.05, 0) is 111 Å². The summed E-state index contributed by atoms with van der Waals surface area (Å²) in [5.41, 5.74) is 12.4. The molecule has 256 valence electrons. The first-order chi connectivity index (χ1) is 26.8. The van der Waals surface area contributed by atoms with E-state index in [1.165, 1.54) is 98.7 Å². The Morgan fingerprint density at radius 2 is 0.407 bits per heavy atom. The van der Waals surface area contributed by atoms with Crippen LogP contribution in [0.2, 0.25) is 0 Å². The molecule has 0 spiro atoms. The van der Waals surface area contributed by atoms with Gasteiger partial charge in [0.2, 0.25) is 0 Å². The molecule has 0 nitrogen and oxygen atoms in total. The molecule has 0 saturated heterocycles. The van der Waals surface area contributed by atoms with E-state index in [4.69, 9.17) is 0 Å². The highest BCUT2D eigenvalue weighted by Crippen LogP contribution is 2.47. The second-order valence-corrected chi connectivity index (χ2v) is 13.6. The van der Waals surface area contributed by atoms with Gasteiger partial charge in [-0.1, -0.05) is 208 Å². The molecular formula is C54H40. The monoisotopic (exact) mass is 688 g/mol. The third kappa shape index (κ3) is 5.65. The standard InChI is InChI=1S/C52H34.C2H6/c1-5-17-35(18-6-1)49-41-25-13-15-27-43(41)51(37-21-9-3-10-22-37)47-33-39(29-31-45(47)49)40-30-32-46-48(34-40)52(38-23-11-4-12-24-38)44-28-16-14-26-42(44)50(46)36-19-7-2-8-20-36;1-2/h1-34H;1-2H3. The first-order valence-electron chi connectivity index (χ1n) is 19.0. The van der Waals surface area contributed by atoms with Crippen LogP contribution in [0.4, 0.5) is 0 Å². The Morgan fingerprint density at radius 1 is 0.185 bits per heavy atom. The molecular weight excluding hydrogens is 649 g/mol. The summed E-state index contributed by atoms with van der Waals surface area (Å²) in [6, 6.07) is 75.5. The average molecular weight is 689 g/mol. The van der Waals surface area contributed by atoms with Crippen LogP contribution in [-0.2, 0) is 0 Å². The lowest BCUT2D eigenvalue weighted by atomic mass is 9.83. The number of rotatable bonds is 5. The van der Waals surface area contributed by atoms with Crippen molar-refractivity contribution in [1.29, 1.82) is 0 Å². The molecule has 0 radical (unpaired) electrons. The predicted molar refractivity (Wildman–Crippen MR) is 235 cm³/mol. The average Bonchev–Trinajstić information content (AvgIpc) is 3.26. The molecule has 0 N–H and O–H groups in total. The molecule has 0 atom stereocenters. The summed E-state index contributed by atoms with van der Waals surface area (Å²) in [7, 11) is 0. The molecule has 10 rings (SSSR count). The van der Waals surface area contributed by atoms with Gasteiger partial charge in [-0.25, -0.2) is 0 Å². The normalized spacial score (nSPS) is 11.1. The summed E-state index contributed by atoms with van der Waals surface area (Å²) >= 11 is 0. The van der Waals surface area contributed by atoms with Crippen molar-refractivity contribution in [2.24, 2.45) is 0 Å². The van der Waals surface area contributed by atoms with Crippen molar-refractivity contribution in [1.82, 2.24) is 0 Å². The third-order valence-corrected chi connectivity index (χ3v) is 10.6. The van der Waals surface area contributed by atoms with Gasteiger partial charge in [-0.15, -0.1) is 0 Å². The van der Waals surface area contributed by atoms with Crippen LogP contribution in [0.5, 0.6) is 0 Å². The van der Waals surface area contributed by atoms with E-state index in [1.807, 2.05) is 13.8 Å². The van der Waals surface area contributed by atoms with Crippen LogP contribution < -0.4 is 0 Å². The Morgan fingerprint density at radius 3 is 0.685 bits per heavy atom. The molecule has 10 aromatic rings. The molecule has 0 unspecified atom stereocenters. The van der Waals surface area contributed by atoms with E-state index in [2.05, 4.69) is 206 Å². The fraction of sp³-hybridized carbons (Fsp3) is 0.0370. The lowest BCUT2D eigenvalue weighted by molar-refractivity contribution is 1.50. The van der Waals surface area contributed by atoms with Crippen LogP contribution in [0.1, 0.15) is 13.8 Å². The molecule has 54 heavy (non-hydrogen) atoms. The lowest BCUT2D eigenvalue weighted by Crippen LogP contribution is -1.93. The Balaban J connectivity index is 0.00000189. The Kier molecular flexibility index (Phi) is 8.79. The first kappa shape index (κ1) is 33.1. The van der Waals surface area contributed by atoms with E-state index in [9.17, 15) is 0 Å². The molecule has 0 heteroatoms. The van der Waals surface area contributed by atoms with Gasteiger partial charge in [0, 0.05) is 0 Å². The quantitative estimate of drug-likeness (QED) is 0.158. The number of benzene rings is 10. The summed E-state index contributed by atoms with van der Waals surface area (Å²) in [4.78, 5) is 0. The summed E-state index contributed by atoms with van der Waals surface area (Å²) in [6.45, 7) is 4.00. The van der Waals surface area contributed by atoms with Gasteiger partial charge in [-0.2, -0.15) is 0 Å². The Hall–Kier alpha value is -6.76. The summed E-state index contributed by atoms with van der Waals surface area (Å²) in [5, 5.41) is 10.1. The first-order valence-corrected chi connectivity index (χ1v) is 19.0. The number of hydrogen-bond donors (Lipinski definition) is 0. The molecule has 0 heterocycles. The molecule has 0 amide bonds. The van der Waals surface area contributed by atoms with Crippen molar-refractivity contribution in [2.45, 2.75) is 13.8 Å². The van der Waals surface area contributed by atoms with E-state index in [-0.39, 0.29) is 0 Å². The zero-order valence-corrected chi connectivity index (χ0v) is 30.6. The predicted octanol–water partition coefficient (Wildman–Crippen LogP) is 15.7. The van der Waals surface area contributed by atoms with Gasteiger partial charge in [0.1, 0.15) is 0 Å². The van der Waals surface area contributed by atoms with E-state index in [1.54, 1.807) is 0 Å². The maximum Gasteiger partial charge on any atom is -0.00262 e. The fourth-order valence-corrected chi connectivity index (χ4v) is 8.38. The van der Waals surface area contributed by atoms with E-state index >= 15 is 0 Å². The van der Waals surface area contributed by atoms with E-state index in [0.29, 0.717) is 0 Å². The number of hydrogen-bond acceptors (Lipinski definition) is 0. The summed E-state index contributed by atoms with van der Waals surface area (Å²) in [6.07, 6.45) is 0. The highest BCUT2D eigenvalue weighted by atomic mass is 14.2. The smallest absolute Gasteiger partial charge is 0.00262 e. The largest absolute Gasteiger partial charge is 0.0683 e.